The topological polar surface area (TPSA) is 17.1 Å². The molecule has 1 aromatic rings. The average molecular weight is 258 g/mol. The Labute approximate surface area is 117 Å². The summed E-state index contributed by atoms with van der Waals surface area (Å²) >= 11 is 0. The summed E-state index contributed by atoms with van der Waals surface area (Å²) in [4.78, 5) is 11.6. The first kappa shape index (κ1) is 14.3. The van der Waals surface area contributed by atoms with Crippen molar-refractivity contribution in [1.29, 1.82) is 0 Å². The predicted molar refractivity (Wildman–Crippen MR) is 80.6 cm³/mol. The van der Waals surface area contributed by atoms with Crippen molar-refractivity contribution in [3.8, 4) is 0 Å². The molecular formula is C18H26O. The monoisotopic (exact) mass is 258 g/mol. The fraction of sp³-hybridized carbons (Fsp3) is 0.611. The molecule has 0 radical (unpaired) electrons. The van der Waals surface area contributed by atoms with Crippen LogP contribution in [-0.2, 0) is 4.79 Å². The van der Waals surface area contributed by atoms with Crippen molar-refractivity contribution in [2.45, 2.75) is 65.2 Å². The van der Waals surface area contributed by atoms with Gasteiger partial charge < -0.3 is 0 Å². The summed E-state index contributed by atoms with van der Waals surface area (Å²) in [6.07, 6.45) is 4.58. The molecule has 1 saturated carbocycles. The van der Waals surface area contributed by atoms with E-state index in [9.17, 15) is 4.79 Å². The van der Waals surface area contributed by atoms with Gasteiger partial charge in [0.2, 0.25) is 0 Å². The molecule has 0 amide bonds. The highest BCUT2D eigenvalue weighted by Gasteiger charge is 2.26. The van der Waals surface area contributed by atoms with Crippen LogP contribution in [0.3, 0.4) is 0 Å². The molecule has 0 bridgehead atoms. The van der Waals surface area contributed by atoms with E-state index in [1.807, 2.05) is 0 Å². The zero-order valence-corrected chi connectivity index (χ0v) is 12.7. The van der Waals surface area contributed by atoms with E-state index in [1.54, 1.807) is 6.92 Å². The number of carbonyl (C=O) groups excluding carboxylic acids is 1. The van der Waals surface area contributed by atoms with Crippen LogP contribution in [0.1, 0.15) is 75.0 Å². The Hall–Kier alpha value is -1.11. The van der Waals surface area contributed by atoms with Crippen LogP contribution in [0.25, 0.3) is 0 Å². The fourth-order valence-electron chi connectivity index (χ4n) is 3.30. The van der Waals surface area contributed by atoms with E-state index < -0.39 is 0 Å². The summed E-state index contributed by atoms with van der Waals surface area (Å²) < 4.78 is 0. The molecule has 104 valence electrons. The molecule has 2 unspecified atom stereocenters. The zero-order valence-electron chi connectivity index (χ0n) is 12.7. The van der Waals surface area contributed by atoms with Gasteiger partial charge in [-0.2, -0.15) is 0 Å². The Morgan fingerprint density at radius 3 is 2.63 bits per heavy atom. The lowest BCUT2D eigenvalue weighted by atomic mass is 9.75. The van der Waals surface area contributed by atoms with Gasteiger partial charge in [-0.3, -0.25) is 4.79 Å². The van der Waals surface area contributed by atoms with Crippen molar-refractivity contribution in [3.63, 3.8) is 0 Å². The Morgan fingerprint density at radius 2 is 2.00 bits per heavy atom. The van der Waals surface area contributed by atoms with Crippen LogP contribution in [0.5, 0.6) is 0 Å². The number of rotatable bonds is 3. The van der Waals surface area contributed by atoms with Gasteiger partial charge in [0, 0.05) is 5.92 Å². The van der Waals surface area contributed by atoms with Crippen LogP contribution in [0.2, 0.25) is 0 Å². The summed E-state index contributed by atoms with van der Waals surface area (Å²) in [5, 5.41) is 0. The highest BCUT2D eigenvalue weighted by Crippen LogP contribution is 2.38. The molecule has 19 heavy (non-hydrogen) atoms. The highest BCUT2D eigenvalue weighted by atomic mass is 16.1. The molecule has 0 aromatic heterocycles. The van der Waals surface area contributed by atoms with Crippen molar-refractivity contribution < 1.29 is 4.79 Å². The van der Waals surface area contributed by atoms with Gasteiger partial charge in [-0.15, -0.1) is 0 Å². The molecule has 0 spiro atoms. The van der Waals surface area contributed by atoms with Crippen molar-refractivity contribution in [2.75, 3.05) is 0 Å². The first-order valence-electron chi connectivity index (χ1n) is 7.60. The van der Waals surface area contributed by atoms with Gasteiger partial charge in [-0.25, -0.2) is 0 Å². The number of benzene rings is 1. The predicted octanol–water partition coefficient (Wildman–Crippen LogP) is 4.98. The third-order valence-corrected chi connectivity index (χ3v) is 4.66. The normalized spacial score (nSPS) is 23.6. The minimum atomic E-state index is 0.292. The third-order valence-electron chi connectivity index (χ3n) is 4.66. The molecule has 1 aliphatic carbocycles. The summed E-state index contributed by atoms with van der Waals surface area (Å²) in [6, 6.07) is 6.88. The average Bonchev–Trinajstić information content (AvgIpc) is 2.39. The maximum absolute atomic E-state index is 11.6. The second-order valence-corrected chi connectivity index (χ2v) is 6.44. The zero-order chi connectivity index (χ0) is 14.0. The number of aryl methyl sites for hydroxylation is 1. The van der Waals surface area contributed by atoms with Crippen LogP contribution >= 0.6 is 0 Å². The molecule has 0 aliphatic heterocycles. The van der Waals surface area contributed by atoms with Gasteiger partial charge in [0.25, 0.3) is 0 Å². The molecule has 2 atom stereocenters. The lowest BCUT2D eigenvalue weighted by Gasteiger charge is -2.29. The van der Waals surface area contributed by atoms with Crippen LogP contribution in [0, 0.1) is 12.8 Å². The first-order valence-corrected chi connectivity index (χ1v) is 7.60. The second-order valence-electron chi connectivity index (χ2n) is 6.44. The number of Topliss-reactive ketones (excluding diaryl/α,β-unsaturated/α-hetero) is 1. The molecule has 1 fully saturated rings. The second kappa shape index (κ2) is 5.90. The van der Waals surface area contributed by atoms with Gasteiger partial charge >= 0.3 is 0 Å². The number of ketones is 1. The lowest BCUT2D eigenvalue weighted by molar-refractivity contribution is -0.121. The van der Waals surface area contributed by atoms with Crippen LogP contribution in [0.15, 0.2) is 18.2 Å². The van der Waals surface area contributed by atoms with E-state index in [0.29, 0.717) is 23.5 Å². The van der Waals surface area contributed by atoms with E-state index in [-0.39, 0.29) is 0 Å². The van der Waals surface area contributed by atoms with Gasteiger partial charge in [0.15, 0.2) is 0 Å². The van der Waals surface area contributed by atoms with E-state index in [2.05, 4.69) is 39.0 Å². The van der Waals surface area contributed by atoms with Crippen molar-refractivity contribution in [1.82, 2.24) is 0 Å². The molecule has 2 rings (SSSR count). The molecule has 0 N–H and O–H groups in total. The Kier molecular flexibility index (Phi) is 4.44. The molecule has 1 aromatic carbocycles. The molecular weight excluding hydrogens is 232 g/mol. The van der Waals surface area contributed by atoms with Crippen molar-refractivity contribution >= 4 is 5.78 Å². The fourth-order valence-corrected chi connectivity index (χ4v) is 3.30. The standard InChI is InChI=1S/C18H26O/c1-12(2)15-9-8-13(3)18(11-15)17-7-5-6-16(10-17)14(4)19/h8-9,11-12,16-17H,5-7,10H2,1-4H3. The molecule has 0 heterocycles. The molecule has 1 nitrogen and oxygen atoms in total. The van der Waals surface area contributed by atoms with E-state index in [0.717, 1.165) is 12.8 Å². The van der Waals surface area contributed by atoms with Gasteiger partial charge in [-0.1, -0.05) is 38.5 Å². The maximum Gasteiger partial charge on any atom is 0.132 e. The molecule has 1 heteroatoms. The molecule has 0 saturated heterocycles. The van der Waals surface area contributed by atoms with E-state index >= 15 is 0 Å². The highest BCUT2D eigenvalue weighted by molar-refractivity contribution is 5.78. The minimum absolute atomic E-state index is 0.292. The van der Waals surface area contributed by atoms with Gasteiger partial charge in [0.05, 0.1) is 0 Å². The Balaban J connectivity index is 2.25. The summed E-state index contributed by atoms with van der Waals surface area (Å²) in [7, 11) is 0. The SMILES string of the molecule is CC(=O)C1CCCC(c2cc(C(C)C)ccc2C)C1. The summed E-state index contributed by atoms with van der Waals surface area (Å²) in [6.45, 7) is 8.45. The van der Waals surface area contributed by atoms with Crippen LogP contribution in [0.4, 0.5) is 0 Å². The Morgan fingerprint density at radius 1 is 1.26 bits per heavy atom. The van der Waals surface area contributed by atoms with Crippen molar-refractivity contribution in [2.24, 2.45) is 5.92 Å². The van der Waals surface area contributed by atoms with Gasteiger partial charge in [-0.05, 0) is 61.6 Å². The molecule has 1 aliphatic rings. The van der Waals surface area contributed by atoms with E-state index in [1.165, 1.54) is 29.5 Å². The number of carbonyl (C=O) groups is 1. The summed E-state index contributed by atoms with van der Waals surface area (Å²) in [5.41, 5.74) is 4.29. The lowest BCUT2D eigenvalue weighted by Crippen LogP contribution is -2.20. The third kappa shape index (κ3) is 3.26. The minimum Gasteiger partial charge on any atom is -0.300 e. The van der Waals surface area contributed by atoms with Crippen LogP contribution < -0.4 is 0 Å². The van der Waals surface area contributed by atoms with Crippen molar-refractivity contribution in [3.05, 3.63) is 34.9 Å². The largest absolute Gasteiger partial charge is 0.300 e. The number of hydrogen-bond acceptors (Lipinski definition) is 1. The smallest absolute Gasteiger partial charge is 0.132 e. The first-order chi connectivity index (χ1) is 8.99. The quantitative estimate of drug-likeness (QED) is 0.747. The van der Waals surface area contributed by atoms with E-state index in [4.69, 9.17) is 0 Å². The maximum atomic E-state index is 11.6. The number of hydrogen-bond donors (Lipinski definition) is 0. The van der Waals surface area contributed by atoms with Gasteiger partial charge in [0.1, 0.15) is 5.78 Å². The Bertz CT molecular complexity index is 459. The summed E-state index contributed by atoms with van der Waals surface area (Å²) in [5.74, 6) is 1.83. The van der Waals surface area contributed by atoms with Crippen LogP contribution in [-0.4, -0.2) is 5.78 Å².